The average molecular weight is 550 g/mol. The summed E-state index contributed by atoms with van der Waals surface area (Å²) in [7, 11) is 0. The average Bonchev–Trinajstić information content (AvgIpc) is 3.32. The summed E-state index contributed by atoms with van der Waals surface area (Å²) in [6.45, 7) is 0.521. The molecule has 0 spiro atoms. The number of aryl methyl sites for hydroxylation is 1. The van der Waals surface area contributed by atoms with E-state index in [0.29, 0.717) is 61.2 Å². The van der Waals surface area contributed by atoms with Gasteiger partial charge >= 0.3 is 6.18 Å². The third kappa shape index (κ3) is 5.80. The van der Waals surface area contributed by atoms with Gasteiger partial charge in [-0.1, -0.05) is 24.3 Å². The molecular weight excluding hydrogens is 523 g/mol. The number of allylic oxidation sites excluding steroid dienone is 2. The highest BCUT2D eigenvalue weighted by Crippen LogP contribution is 2.31. The molecular formula is C28H26F3N7O2. The van der Waals surface area contributed by atoms with Gasteiger partial charge in [0.1, 0.15) is 28.7 Å². The lowest BCUT2D eigenvalue weighted by Gasteiger charge is -2.10. The minimum atomic E-state index is -4.55. The van der Waals surface area contributed by atoms with E-state index in [1.54, 1.807) is 30.5 Å². The van der Waals surface area contributed by atoms with Crippen LogP contribution in [-0.2, 0) is 23.8 Å². The van der Waals surface area contributed by atoms with E-state index in [4.69, 9.17) is 10.7 Å². The summed E-state index contributed by atoms with van der Waals surface area (Å²) < 4.78 is 41.0. The Bertz CT molecular complexity index is 1590. The number of hydrogen-bond acceptors (Lipinski definition) is 6. The maximum Gasteiger partial charge on any atom is 0.416 e. The standard InChI is InChI=1S/C28H26F3N7O2/c29-28(30,31)19-12-14-33-21(15-19)36-27(40)18-10-8-17(9-11-18)24-25-26(32)35-16-20-5-2-1-3-7-23(39)34-13-4-6-22(37-24)38(20)25/h1-2,8-12,14-16H,3-7,13H2,(H2,32,35)(H,34,39)(H,33,36,40)/b2-1-. The van der Waals surface area contributed by atoms with Gasteiger partial charge in [-0.15, -0.1) is 0 Å². The molecule has 0 atom stereocenters. The Morgan fingerprint density at radius 3 is 2.65 bits per heavy atom. The molecule has 206 valence electrons. The smallest absolute Gasteiger partial charge is 0.382 e. The predicted octanol–water partition coefficient (Wildman–Crippen LogP) is 4.59. The van der Waals surface area contributed by atoms with E-state index in [1.807, 2.05) is 16.6 Å². The van der Waals surface area contributed by atoms with Crippen LogP contribution in [-0.4, -0.2) is 37.7 Å². The normalized spacial score (nSPS) is 15.4. The van der Waals surface area contributed by atoms with Crippen LogP contribution in [0.1, 0.15) is 46.7 Å². The van der Waals surface area contributed by atoms with Crippen molar-refractivity contribution in [2.75, 3.05) is 17.6 Å². The number of nitrogens with two attached hydrogens (primary N) is 1. The Kier molecular flexibility index (Phi) is 7.50. The lowest BCUT2D eigenvalue weighted by atomic mass is 10.1. The maximum absolute atomic E-state index is 13.0. The second-order valence-corrected chi connectivity index (χ2v) is 9.32. The fourth-order valence-corrected chi connectivity index (χ4v) is 4.53. The van der Waals surface area contributed by atoms with Crippen molar-refractivity contribution in [1.29, 1.82) is 0 Å². The van der Waals surface area contributed by atoms with Gasteiger partial charge in [0, 0.05) is 55.0 Å². The van der Waals surface area contributed by atoms with Crippen molar-refractivity contribution in [2.45, 2.75) is 38.3 Å². The van der Waals surface area contributed by atoms with Gasteiger partial charge in [0.2, 0.25) is 5.91 Å². The highest BCUT2D eigenvalue weighted by Gasteiger charge is 2.31. The zero-order chi connectivity index (χ0) is 28.3. The number of nitrogens with zero attached hydrogens (tertiary/aromatic N) is 4. The van der Waals surface area contributed by atoms with Crippen LogP contribution >= 0.6 is 0 Å². The molecule has 2 amide bonds. The number of benzene rings is 1. The molecule has 1 aromatic carbocycles. The minimum Gasteiger partial charge on any atom is -0.382 e. The number of amides is 2. The molecule has 0 saturated heterocycles. The Morgan fingerprint density at radius 2 is 1.88 bits per heavy atom. The van der Waals surface area contributed by atoms with Gasteiger partial charge < -0.3 is 16.4 Å². The van der Waals surface area contributed by atoms with E-state index in [-0.39, 0.29) is 17.3 Å². The van der Waals surface area contributed by atoms with Crippen LogP contribution in [0.25, 0.3) is 16.8 Å². The monoisotopic (exact) mass is 549 g/mol. The summed E-state index contributed by atoms with van der Waals surface area (Å²) in [5.41, 5.74) is 8.47. The first-order valence-electron chi connectivity index (χ1n) is 12.7. The predicted molar refractivity (Wildman–Crippen MR) is 143 cm³/mol. The largest absolute Gasteiger partial charge is 0.416 e. The van der Waals surface area contributed by atoms with E-state index in [2.05, 4.69) is 20.6 Å². The molecule has 0 unspecified atom stereocenters. The third-order valence-electron chi connectivity index (χ3n) is 6.51. The van der Waals surface area contributed by atoms with Gasteiger partial charge in [0.25, 0.3) is 5.91 Å². The highest BCUT2D eigenvalue weighted by atomic mass is 19.4. The molecule has 12 heteroatoms. The summed E-state index contributed by atoms with van der Waals surface area (Å²) in [5, 5.41) is 5.33. The number of imidazole rings is 1. The summed E-state index contributed by atoms with van der Waals surface area (Å²) in [5.74, 6) is 0.275. The van der Waals surface area contributed by atoms with Gasteiger partial charge in [0.05, 0.1) is 5.56 Å². The summed E-state index contributed by atoms with van der Waals surface area (Å²) >= 11 is 0. The fraction of sp³-hybridized carbons (Fsp3) is 0.250. The molecule has 5 rings (SSSR count). The van der Waals surface area contributed by atoms with E-state index >= 15 is 0 Å². The van der Waals surface area contributed by atoms with E-state index in [1.165, 1.54) is 0 Å². The summed E-state index contributed by atoms with van der Waals surface area (Å²) in [6, 6.07) is 8.13. The molecule has 4 heterocycles. The third-order valence-corrected chi connectivity index (χ3v) is 6.51. The second kappa shape index (κ2) is 11.2. The van der Waals surface area contributed by atoms with E-state index in [0.717, 1.165) is 29.8 Å². The number of rotatable bonds is 3. The van der Waals surface area contributed by atoms with Crippen LogP contribution < -0.4 is 16.4 Å². The Morgan fingerprint density at radius 1 is 1.07 bits per heavy atom. The van der Waals surface area contributed by atoms with Crippen LogP contribution in [0.4, 0.5) is 24.8 Å². The first kappa shape index (κ1) is 26.9. The number of pyridine rings is 1. The van der Waals surface area contributed by atoms with Crippen molar-refractivity contribution >= 4 is 29.0 Å². The number of anilines is 2. The second-order valence-electron chi connectivity index (χ2n) is 9.32. The molecule has 1 aliphatic heterocycles. The van der Waals surface area contributed by atoms with Gasteiger partial charge in [-0.25, -0.2) is 15.0 Å². The topological polar surface area (TPSA) is 127 Å². The summed E-state index contributed by atoms with van der Waals surface area (Å²) in [6.07, 6.45) is 5.06. The van der Waals surface area contributed by atoms with Gasteiger partial charge in [-0.2, -0.15) is 13.2 Å². The SMILES string of the molecule is Nc1ncc2n3c(nc(-c4ccc(C(=O)Nc5cc(C(F)(F)F)ccn5)cc4)c13)CCCNC(=O)CC/C=C\C2. The maximum atomic E-state index is 13.0. The Hall–Kier alpha value is -4.74. The van der Waals surface area contributed by atoms with Crippen LogP contribution in [0.5, 0.6) is 0 Å². The summed E-state index contributed by atoms with van der Waals surface area (Å²) in [4.78, 5) is 37.8. The first-order valence-corrected chi connectivity index (χ1v) is 12.7. The highest BCUT2D eigenvalue weighted by molar-refractivity contribution is 6.04. The van der Waals surface area contributed by atoms with E-state index < -0.39 is 17.6 Å². The zero-order valence-corrected chi connectivity index (χ0v) is 21.3. The number of carbonyl (C=O) groups excluding carboxylic acids is 2. The first-order chi connectivity index (χ1) is 19.2. The fourth-order valence-electron chi connectivity index (χ4n) is 4.53. The van der Waals surface area contributed by atoms with Crippen molar-refractivity contribution in [3.63, 3.8) is 0 Å². The molecule has 4 aromatic rings. The van der Waals surface area contributed by atoms with Gasteiger partial charge in [-0.3, -0.25) is 14.0 Å². The lowest BCUT2D eigenvalue weighted by molar-refractivity contribution is -0.137. The van der Waals surface area contributed by atoms with Crippen molar-refractivity contribution < 1.29 is 22.8 Å². The van der Waals surface area contributed by atoms with Crippen LogP contribution in [0, 0.1) is 0 Å². The molecule has 1 aliphatic rings. The number of nitrogen functional groups attached to an aromatic ring is 1. The van der Waals surface area contributed by atoms with Crippen molar-refractivity contribution in [3.05, 3.63) is 83.6 Å². The van der Waals surface area contributed by atoms with Crippen LogP contribution in [0.3, 0.4) is 0 Å². The zero-order valence-electron chi connectivity index (χ0n) is 21.3. The molecule has 9 nitrogen and oxygen atoms in total. The molecule has 4 N–H and O–H groups in total. The number of hydrogen-bond donors (Lipinski definition) is 3. The van der Waals surface area contributed by atoms with Gasteiger partial charge in [-0.05, 0) is 37.1 Å². The molecule has 0 saturated carbocycles. The number of nitrogens with one attached hydrogen (secondary N) is 2. The Labute approximate surface area is 227 Å². The molecule has 0 bridgehead atoms. The Balaban J connectivity index is 1.45. The molecule has 3 aromatic heterocycles. The molecule has 0 radical (unpaired) electrons. The molecule has 40 heavy (non-hydrogen) atoms. The van der Waals surface area contributed by atoms with Crippen LogP contribution in [0.15, 0.2) is 60.9 Å². The number of carbonyl (C=O) groups is 2. The van der Waals surface area contributed by atoms with Crippen LogP contribution in [0.2, 0.25) is 0 Å². The van der Waals surface area contributed by atoms with Crippen molar-refractivity contribution in [2.24, 2.45) is 0 Å². The molecule has 0 aliphatic carbocycles. The van der Waals surface area contributed by atoms with Gasteiger partial charge in [0.15, 0.2) is 0 Å². The number of aromatic nitrogens is 4. The van der Waals surface area contributed by atoms with Crippen molar-refractivity contribution in [1.82, 2.24) is 24.7 Å². The lowest BCUT2D eigenvalue weighted by Crippen LogP contribution is -2.24. The minimum absolute atomic E-state index is 0.00856. The molecule has 0 fully saturated rings. The number of halogens is 3. The number of alkyl halides is 3. The quantitative estimate of drug-likeness (QED) is 0.321. The van der Waals surface area contributed by atoms with Crippen molar-refractivity contribution in [3.8, 4) is 11.3 Å². The van der Waals surface area contributed by atoms with E-state index in [9.17, 15) is 22.8 Å².